The summed E-state index contributed by atoms with van der Waals surface area (Å²) >= 11 is 1.14. The molecular formula is C25H31N7O6S2. The summed E-state index contributed by atoms with van der Waals surface area (Å²) in [6.07, 6.45) is 5.84. The highest BCUT2D eigenvalue weighted by Crippen LogP contribution is 2.33. The molecule has 0 spiro atoms. The van der Waals surface area contributed by atoms with Crippen LogP contribution in [0.25, 0.3) is 10.2 Å². The predicted octanol–water partition coefficient (Wildman–Crippen LogP) is 0.869. The predicted molar refractivity (Wildman–Crippen MR) is 148 cm³/mol. The average molecular weight is 590 g/mol. The van der Waals surface area contributed by atoms with Crippen LogP contribution in [-0.4, -0.2) is 94.9 Å². The fourth-order valence-corrected chi connectivity index (χ4v) is 8.24. The number of thiophene rings is 1. The molecular weight excluding hydrogens is 558 g/mol. The Balaban J connectivity index is 1.37. The van der Waals surface area contributed by atoms with Gasteiger partial charge in [-0.15, -0.1) is 11.3 Å². The molecule has 2 aliphatic rings. The molecule has 5 rings (SSSR count). The summed E-state index contributed by atoms with van der Waals surface area (Å²) < 4.78 is 35.2. The maximum absolute atomic E-state index is 13.8. The van der Waals surface area contributed by atoms with Crippen LogP contribution < -0.4 is 10.5 Å². The van der Waals surface area contributed by atoms with E-state index in [0.717, 1.165) is 15.9 Å². The molecule has 15 heteroatoms. The first kappa shape index (κ1) is 28.1. The van der Waals surface area contributed by atoms with Gasteiger partial charge in [-0.25, -0.2) is 23.4 Å². The van der Waals surface area contributed by atoms with Crippen molar-refractivity contribution in [1.82, 2.24) is 28.7 Å². The van der Waals surface area contributed by atoms with E-state index < -0.39 is 21.5 Å². The molecule has 0 aliphatic carbocycles. The second kappa shape index (κ2) is 11.6. The number of fused-ring (bicyclic) bond motifs is 1. The largest absolute Gasteiger partial charge is 0.466 e. The maximum atomic E-state index is 13.8. The van der Waals surface area contributed by atoms with Gasteiger partial charge in [0.05, 0.1) is 24.2 Å². The van der Waals surface area contributed by atoms with Crippen molar-refractivity contribution in [2.45, 2.75) is 38.1 Å². The quantitative estimate of drug-likeness (QED) is 0.364. The maximum Gasteiger partial charge on any atom is 0.310 e. The van der Waals surface area contributed by atoms with Gasteiger partial charge in [0.2, 0.25) is 21.9 Å². The van der Waals surface area contributed by atoms with E-state index in [1.54, 1.807) is 37.2 Å². The number of hydrogen-bond acceptors (Lipinski definition) is 11. The number of esters is 1. The number of sulfonamides is 1. The van der Waals surface area contributed by atoms with Gasteiger partial charge in [-0.1, -0.05) is 0 Å². The van der Waals surface area contributed by atoms with Crippen LogP contribution in [0.15, 0.2) is 34.5 Å². The first-order valence-corrected chi connectivity index (χ1v) is 15.4. The fraction of sp³-hybridized carbons (Fsp3) is 0.520. The third-order valence-corrected chi connectivity index (χ3v) is 10.4. The number of carbonyl (C=O) groups excluding carboxylic acids is 2. The van der Waals surface area contributed by atoms with Crippen molar-refractivity contribution in [2.24, 2.45) is 5.92 Å². The summed E-state index contributed by atoms with van der Waals surface area (Å²) in [5, 5.41) is -0.00494. The number of aryl methyl sites for hydroxylation is 1. The van der Waals surface area contributed by atoms with Gasteiger partial charge in [0.15, 0.2) is 0 Å². The summed E-state index contributed by atoms with van der Waals surface area (Å²) in [5.41, 5.74) is -0.587. The lowest BCUT2D eigenvalue weighted by Gasteiger charge is -2.33. The van der Waals surface area contributed by atoms with Crippen LogP contribution >= 0.6 is 11.3 Å². The zero-order chi connectivity index (χ0) is 28.4. The molecule has 0 N–H and O–H groups in total. The number of piperidine rings is 1. The molecule has 214 valence electrons. The number of nitrogens with zero attached hydrogens (tertiary/aromatic N) is 7. The van der Waals surface area contributed by atoms with E-state index in [0.29, 0.717) is 48.1 Å². The van der Waals surface area contributed by atoms with Gasteiger partial charge in [-0.3, -0.25) is 19.0 Å². The lowest BCUT2D eigenvalue weighted by Crippen LogP contribution is -2.49. The minimum absolute atomic E-state index is 0.00494. The van der Waals surface area contributed by atoms with E-state index in [2.05, 4.69) is 15.0 Å². The summed E-state index contributed by atoms with van der Waals surface area (Å²) in [6, 6.07) is 1.72. The summed E-state index contributed by atoms with van der Waals surface area (Å²) in [4.78, 5) is 55.9. The molecule has 0 aromatic carbocycles. The highest BCUT2D eigenvalue weighted by atomic mass is 32.2. The number of piperazine rings is 1. The Morgan fingerprint density at radius 1 is 1.10 bits per heavy atom. The highest BCUT2D eigenvalue weighted by molar-refractivity contribution is 7.89. The van der Waals surface area contributed by atoms with Crippen LogP contribution in [-0.2, 0) is 30.9 Å². The van der Waals surface area contributed by atoms with Gasteiger partial charge in [-0.05, 0) is 32.8 Å². The molecule has 1 atom stereocenters. The van der Waals surface area contributed by atoms with Crippen molar-refractivity contribution in [3.8, 4) is 0 Å². The number of likely N-dealkylation sites (tertiary alicyclic amines) is 1. The molecule has 3 aromatic heterocycles. The van der Waals surface area contributed by atoms with Crippen molar-refractivity contribution in [3.63, 3.8) is 0 Å². The van der Waals surface area contributed by atoms with E-state index in [1.807, 2.05) is 4.90 Å². The molecule has 3 aromatic rings. The van der Waals surface area contributed by atoms with Crippen LogP contribution in [0.5, 0.6) is 0 Å². The van der Waals surface area contributed by atoms with Crippen molar-refractivity contribution in [1.29, 1.82) is 0 Å². The molecule has 0 saturated carbocycles. The topological polar surface area (TPSA) is 148 Å². The van der Waals surface area contributed by atoms with Gasteiger partial charge < -0.3 is 14.5 Å². The Morgan fingerprint density at radius 2 is 1.82 bits per heavy atom. The van der Waals surface area contributed by atoms with Crippen LogP contribution in [0.4, 0.5) is 5.95 Å². The van der Waals surface area contributed by atoms with Crippen LogP contribution in [0, 0.1) is 12.8 Å². The summed E-state index contributed by atoms with van der Waals surface area (Å²) in [6.45, 7) is 5.28. The normalized spacial score (nSPS) is 18.7. The molecule has 1 amide bonds. The van der Waals surface area contributed by atoms with Crippen LogP contribution in [0.3, 0.4) is 0 Å². The van der Waals surface area contributed by atoms with E-state index in [4.69, 9.17) is 4.74 Å². The molecule has 2 saturated heterocycles. The van der Waals surface area contributed by atoms with Gasteiger partial charge >= 0.3 is 5.97 Å². The minimum Gasteiger partial charge on any atom is -0.466 e. The van der Waals surface area contributed by atoms with Crippen LogP contribution in [0.2, 0.25) is 0 Å². The lowest BCUT2D eigenvalue weighted by molar-refractivity contribution is -0.151. The number of hydrogen-bond donors (Lipinski definition) is 0. The molecule has 5 heterocycles. The number of amides is 1. The molecule has 0 radical (unpaired) electrons. The molecule has 1 unspecified atom stereocenters. The number of carbonyl (C=O) groups is 2. The van der Waals surface area contributed by atoms with Crippen molar-refractivity contribution < 1.29 is 22.7 Å². The standard InChI is InChI=1S/C25H31N7O6S2/c1-3-38-24(35)18-6-4-9-30(14-18)19(33)15-31-16-28-22-20(23(31)34)21(17(2)39-22)40(36,37)32-12-10-29(11-13-32)25-26-7-5-8-27-25/h5,7-8,16,18H,3-4,6,9-15H2,1-2H3. The highest BCUT2D eigenvalue weighted by Gasteiger charge is 2.35. The summed E-state index contributed by atoms with van der Waals surface area (Å²) in [5.74, 6) is -0.537. The first-order chi connectivity index (χ1) is 19.2. The molecule has 2 aliphatic heterocycles. The monoisotopic (exact) mass is 589 g/mol. The van der Waals surface area contributed by atoms with Crippen molar-refractivity contribution in [2.75, 3.05) is 50.8 Å². The van der Waals surface area contributed by atoms with E-state index in [9.17, 15) is 22.8 Å². The van der Waals surface area contributed by atoms with Crippen molar-refractivity contribution in [3.05, 3.63) is 40.0 Å². The lowest BCUT2D eigenvalue weighted by atomic mass is 9.98. The number of rotatable bonds is 7. The third kappa shape index (κ3) is 5.45. The molecule has 13 nitrogen and oxygen atoms in total. The van der Waals surface area contributed by atoms with Gasteiger partial charge in [-0.2, -0.15) is 4.31 Å². The SMILES string of the molecule is CCOC(=O)C1CCCN(C(=O)Cn2cnc3sc(C)c(S(=O)(=O)N4CCN(c5ncccn5)CC4)c3c2=O)C1. The Bertz CT molecular complexity index is 1570. The van der Waals surface area contributed by atoms with E-state index in [1.165, 1.54) is 10.6 Å². The second-order valence-corrected chi connectivity index (χ2v) is 12.8. The van der Waals surface area contributed by atoms with Crippen molar-refractivity contribution >= 4 is 49.4 Å². The Kier molecular flexibility index (Phi) is 8.14. The van der Waals surface area contributed by atoms with Gasteiger partial charge in [0, 0.05) is 56.5 Å². The molecule has 2 fully saturated rings. The number of ether oxygens (including phenoxy) is 1. The Labute approximate surface area is 235 Å². The van der Waals surface area contributed by atoms with E-state index >= 15 is 0 Å². The summed E-state index contributed by atoms with van der Waals surface area (Å²) in [7, 11) is -4.02. The minimum atomic E-state index is -4.02. The van der Waals surface area contributed by atoms with Gasteiger partial charge in [0.25, 0.3) is 5.56 Å². The molecule has 40 heavy (non-hydrogen) atoms. The van der Waals surface area contributed by atoms with Crippen LogP contribution in [0.1, 0.15) is 24.6 Å². The van der Waals surface area contributed by atoms with E-state index in [-0.39, 0.29) is 54.9 Å². The Morgan fingerprint density at radius 3 is 2.52 bits per heavy atom. The first-order valence-electron chi connectivity index (χ1n) is 13.2. The Hall–Kier alpha value is -3.43. The zero-order valence-corrected chi connectivity index (χ0v) is 24.0. The smallest absolute Gasteiger partial charge is 0.310 e. The second-order valence-electron chi connectivity index (χ2n) is 9.72. The fourth-order valence-electron chi connectivity index (χ4n) is 5.15. The third-order valence-electron chi connectivity index (χ3n) is 7.17. The number of aromatic nitrogens is 4. The average Bonchev–Trinajstić information content (AvgIpc) is 3.32. The molecule has 0 bridgehead atoms. The number of anilines is 1. The van der Waals surface area contributed by atoms with Gasteiger partial charge in [0.1, 0.15) is 16.3 Å². The zero-order valence-electron chi connectivity index (χ0n) is 22.4.